The van der Waals surface area contributed by atoms with Crippen molar-refractivity contribution in [2.24, 2.45) is 16.9 Å². The fraction of sp³-hybridized carbons (Fsp3) is 0.233. The molecule has 3 aliphatic heterocycles. The monoisotopic (exact) mass is 534 g/mol. The van der Waals surface area contributed by atoms with Gasteiger partial charge in [0.15, 0.2) is 5.84 Å². The maximum absolute atomic E-state index is 11.2. The van der Waals surface area contributed by atoms with E-state index in [9.17, 15) is 20.2 Å². The Labute approximate surface area is 230 Å². The molecule has 0 radical (unpaired) electrons. The molecule has 0 saturated carbocycles. The van der Waals surface area contributed by atoms with Crippen molar-refractivity contribution in [1.29, 1.82) is 0 Å². The van der Waals surface area contributed by atoms with Crippen molar-refractivity contribution in [2.75, 3.05) is 0 Å². The van der Waals surface area contributed by atoms with Gasteiger partial charge in [0.05, 0.1) is 9.85 Å². The first-order valence-corrected chi connectivity index (χ1v) is 13.4. The lowest BCUT2D eigenvalue weighted by molar-refractivity contribution is -0.385. The molecular formula is C30H26N6O4. The molecule has 200 valence electrons. The number of hydrogen-bond donors (Lipinski definition) is 1. The molecule has 2 aliphatic carbocycles. The minimum Gasteiger partial charge on any atom is -0.262 e. The van der Waals surface area contributed by atoms with Crippen molar-refractivity contribution in [1.82, 2.24) is 15.4 Å². The highest BCUT2D eigenvalue weighted by molar-refractivity contribution is 6.08. The first kappa shape index (κ1) is 24.2. The number of non-ortho nitro benzene ring substituents is 2. The molecule has 10 heteroatoms. The van der Waals surface area contributed by atoms with Crippen LogP contribution in [0.2, 0.25) is 0 Å². The van der Waals surface area contributed by atoms with Gasteiger partial charge in [-0.2, -0.15) is 5.10 Å². The van der Waals surface area contributed by atoms with Crippen molar-refractivity contribution in [3.8, 4) is 0 Å². The molecule has 10 nitrogen and oxygen atoms in total. The number of nitrogens with zero attached hydrogens (tertiary/aromatic N) is 5. The van der Waals surface area contributed by atoms with Gasteiger partial charge in [-0.25, -0.2) is 5.43 Å². The Morgan fingerprint density at radius 3 is 2.35 bits per heavy atom. The summed E-state index contributed by atoms with van der Waals surface area (Å²) in [5.41, 5.74) is 10.3. The summed E-state index contributed by atoms with van der Waals surface area (Å²) in [5.74, 6) is 1.42. The normalized spacial score (nSPS) is 24.7. The molecule has 0 amide bonds. The lowest BCUT2D eigenvalue weighted by atomic mass is 9.75. The van der Waals surface area contributed by atoms with Gasteiger partial charge in [0.1, 0.15) is 6.17 Å². The number of allylic oxidation sites excluding steroid dienone is 6. The predicted octanol–water partition coefficient (Wildman–Crippen LogP) is 5.90. The molecule has 2 aromatic carbocycles. The van der Waals surface area contributed by atoms with E-state index in [0.717, 1.165) is 53.8 Å². The summed E-state index contributed by atoms with van der Waals surface area (Å²) in [6.07, 6.45) is 16.4. The van der Waals surface area contributed by atoms with Gasteiger partial charge in [0.2, 0.25) is 0 Å². The number of hydrazone groups is 1. The van der Waals surface area contributed by atoms with E-state index in [1.54, 1.807) is 24.3 Å². The number of rotatable bonds is 4. The van der Waals surface area contributed by atoms with E-state index in [1.807, 2.05) is 34.3 Å². The van der Waals surface area contributed by atoms with Crippen LogP contribution >= 0.6 is 0 Å². The van der Waals surface area contributed by atoms with Crippen molar-refractivity contribution >= 4 is 28.4 Å². The molecule has 3 heterocycles. The second kappa shape index (κ2) is 9.42. The standard InChI is InChI=1S/C30H26N6O4/c37-35(38)23-10-5-19(6-11-23)21-9-14-25-22(17-21)15-16-33-29(25)32-34-18-28(20-7-12-24(13-8-20)36(39)40)26-3-1-2-4-27(26)30(34)31-33/h2,4-13,15-16,18,22,25,29,32H,1,3,14,17H2. The van der Waals surface area contributed by atoms with Crippen molar-refractivity contribution in [3.05, 3.63) is 128 Å². The van der Waals surface area contributed by atoms with E-state index in [4.69, 9.17) is 5.10 Å². The van der Waals surface area contributed by atoms with Crippen LogP contribution in [0, 0.1) is 32.1 Å². The third-order valence-electron chi connectivity index (χ3n) is 8.36. The van der Waals surface area contributed by atoms with Gasteiger partial charge < -0.3 is 0 Å². The summed E-state index contributed by atoms with van der Waals surface area (Å²) in [5, 5.41) is 31.3. The molecule has 5 aliphatic rings. The van der Waals surface area contributed by atoms with Gasteiger partial charge in [-0.05, 0) is 78.1 Å². The number of benzene rings is 2. The highest BCUT2D eigenvalue weighted by Crippen LogP contribution is 2.43. The topological polar surface area (TPSA) is 117 Å². The molecule has 0 fully saturated rings. The molecule has 40 heavy (non-hydrogen) atoms. The molecule has 0 bridgehead atoms. The third kappa shape index (κ3) is 4.04. The minimum absolute atomic E-state index is 0.0440. The molecule has 0 spiro atoms. The zero-order chi connectivity index (χ0) is 27.4. The number of nitrogens with one attached hydrogen (secondary N) is 1. The average Bonchev–Trinajstić information content (AvgIpc) is 2.99. The quantitative estimate of drug-likeness (QED) is 0.383. The largest absolute Gasteiger partial charge is 0.269 e. The summed E-state index contributed by atoms with van der Waals surface area (Å²) in [6, 6.07) is 13.5. The van der Waals surface area contributed by atoms with Gasteiger partial charge in [-0.1, -0.05) is 24.3 Å². The van der Waals surface area contributed by atoms with Gasteiger partial charge in [-0.3, -0.25) is 30.2 Å². The summed E-state index contributed by atoms with van der Waals surface area (Å²) in [7, 11) is 0. The highest BCUT2D eigenvalue weighted by atomic mass is 16.6. The maximum atomic E-state index is 11.2. The Kier molecular flexibility index (Phi) is 5.71. The molecule has 3 atom stereocenters. The van der Waals surface area contributed by atoms with Crippen LogP contribution in [0.25, 0.3) is 11.1 Å². The van der Waals surface area contributed by atoms with Gasteiger partial charge in [0.25, 0.3) is 11.4 Å². The Hall–Kier alpha value is -4.83. The summed E-state index contributed by atoms with van der Waals surface area (Å²) in [6.45, 7) is 0. The second-order valence-corrected chi connectivity index (χ2v) is 10.6. The van der Waals surface area contributed by atoms with Crippen LogP contribution in [0.15, 0.2) is 101 Å². The highest BCUT2D eigenvalue weighted by Gasteiger charge is 2.42. The fourth-order valence-corrected chi connectivity index (χ4v) is 6.30. The Balaban J connectivity index is 1.19. The molecule has 7 rings (SSSR count). The van der Waals surface area contributed by atoms with Crippen molar-refractivity contribution in [2.45, 2.75) is 31.8 Å². The van der Waals surface area contributed by atoms with Gasteiger partial charge in [-0.15, -0.1) is 0 Å². The zero-order valence-electron chi connectivity index (χ0n) is 21.5. The SMILES string of the molecule is O=[N+]([O-])c1ccc(C2=CCC3C(C=CN4N=C5C6=C(CCC=C6)C(c6ccc([N+](=O)[O-])cc6)=CN5NC34)C2)cc1. The number of nitro groups is 2. The fourth-order valence-electron chi connectivity index (χ4n) is 6.30. The molecule has 2 aromatic rings. The van der Waals surface area contributed by atoms with Crippen LogP contribution in [-0.2, 0) is 0 Å². The number of hydrazine groups is 1. The van der Waals surface area contributed by atoms with Crippen molar-refractivity contribution < 1.29 is 9.85 Å². The van der Waals surface area contributed by atoms with E-state index < -0.39 is 0 Å². The van der Waals surface area contributed by atoms with Crippen LogP contribution < -0.4 is 5.43 Å². The number of amidine groups is 1. The number of fused-ring (bicyclic) bond motifs is 5. The predicted molar refractivity (Wildman–Crippen MR) is 151 cm³/mol. The molecule has 3 unspecified atom stereocenters. The Bertz CT molecular complexity index is 1600. The maximum Gasteiger partial charge on any atom is 0.269 e. The number of nitro benzene ring substituents is 2. The Morgan fingerprint density at radius 2 is 1.65 bits per heavy atom. The first-order chi connectivity index (χ1) is 19.5. The summed E-state index contributed by atoms with van der Waals surface area (Å²) in [4.78, 5) is 21.5. The van der Waals surface area contributed by atoms with E-state index in [0.29, 0.717) is 5.92 Å². The summed E-state index contributed by atoms with van der Waals surface area (Å²) >= 11 is 0. The lowest BCUT2D eigenvalue weighted by Crippen LogP contribution is -2.61. The van der Waals surface area contributed by atoms with Gasteiger partial charge >= 0.3 is 0 Å². The zero-order valence-corrected chi connectivity index (χ0v) is 21.5. The Morgan fingerprint density at radius 1 is 0.950 bits per heavy atom. The van der Waals surface area contributed by atoms with E-state index in [2.05, 4.69) is 42.1 Å². The lowest BCUT2D eigenvalue weighted by Gasteiger charge is -2.48. The van der Waals surface area contributed by atoms with E-state index >= 15 is 0 Å². The second-order valence-electron chi connectivity index (χ2n) is 10.6. The van der Waals surface area contributed by atoms with Crippen LogP contribution in [0.3, 0.4) is 0 Å². The third-order valence-corrected chi connectivity index (χ3v) is 8.36. The smallest absolute Gasteiger partial charge is 0.262 e. The molecule has 0 saturated heterocycles. The van der Waals surface area contributed by atoms with Crippen LogP contribution in [-0.4, -0.2) is 31.9 Å². The van der Waals surface area contributed by atoms with Crippen LogP contribution in [0.4, 0.5) is 11.4 Å². The average molecular weight is 535 g/mol. The van der Waals surface area contributed by atoms with E-state index in [1.165, 1.54) is 11.1 Å². The molecule has 0 aromatic heterocycles. The van der Waals surface area contributed by atoms with Crippen LogP contribution in [0.1, 0.15) is 36.8 Å². The number of hydrogen-bond acceptors (Lipinski definition) is 8. The van der Waals surface area contributed by atoms with E-state index in [-0.39, 0.29) is 33.3 Å². The summed E-state index contributed by atoms with van der Waals surface area (Å²) < 4.78 is 0. The van der Waals surface area contributed by atoms with Crippen molar-refractivity contribution in [3.63, 3.8) is 0 Å². The molecular weight excluding hydrogens is 508 g/mol. The van der Waals surface area contributed by atoms with Crippen LogP contribution in [0.5, 0.6) is 0 Å². The first-order valence-electron chi connectivity index (χ1n) is 13.4. The van der Waals surface area contributed by atoms with Gasteiger partial charge in [0, 0.05) is 53.7 Å². The molecule has 1 N–H and O–H groups in total. The minimum atomic E-state index is -0.378.